The lowest BCUT2D eigenvalue weighted by molar-refractivity contribution is 1.30. The highest BCUT2D eigenvalue weighted by Crippen LogP contribution is 2.47. The standard InChI is InChI=1S/C46H29NS2/c1-2-10-30(11-3-1)31-20-25-34(26-21-31)47(41-17-9-19-43-44(41)40-29-24-32-12-4-5-13-36(32)46(40)49-43)35-27-22-33(23-28-35)37-15-8-16-39-38-14-6-7-18-42(38)48-45(37)39/h1-29H. The summed E-state index contributed by atoms with van der Waals surface area (Å²) in [5, 5.41) is 7.83. The quantitative estimate of drug-likeness (QED) is 0.178. The Kier molecular flexibility index (Phi) is 6.61. The van der Waals surface area contributed by atoms with Crippen molar-refractivity contribution in [3.8, 4) is 22.3 Å². The first kappa shape index (κ1) is 28.3. The van der Waals surface area contributed by atoms with Crippen LogP contribution < -0.4 is 4.90 Å². The maximum absolute atomic E-state index is 2.43. The Labute approximate surface area is 292 Å². The highest BCUT2D eigenvalue weighted by molar-refractivity contribution is 7.27. The van der Waals surface area contributed by atoms with Crippen LogP contribution in [0.3, 0.4) is 0 Å². The van der Waals surface area contributed by atoms with Crippen LogP contribution >= 0.6 is 22.7 Å². The van der Waals surface area contributed by atoms with Crippen molar-refractivity contribution in [2.75, 3.05) is 4.90 Å². The van der Waals surface area contributed by atoms with Crippen molar-refractivity contribution in [2.24, 2.45) is 0 Å². The molecule has 230 valence electrons. The first-order valence-electron chi connectivity index (χ1n) is 16.6. The number of rotatable bonds is 5. The highest BCUT2D eigenvalue weighted by Gasteiger charge is 2.20. The van der Waals surface area contributed by atoms with Crippen LogP contribution in [0.15, 0.2) is 176 Å². The number of nitrogens with zero attached hydrogens (tertiary/aromatic N) is 1. The molecule has 3 heteroatoms. The van der Waals surface area contributed by atoms with Crippen LogP contribution in [-0.2, 0) is 0 Å². The fourth-order valence-corrected chi connectivity index (χ4v) is 9.84. The zero-order valence-corrected chi connectivity index (χ0v) is 28.1. The van der Waals surface area contributed by atoms with Gasteiger partial charge in [-0.3, -0.25) is 0 Å². The van der Waals surface area contributed by atoms with Crippen molar-refractivity contribution in [3.63, 3.8) is 0 Å². The third-order valence-electron chi connectivity index (χ3n) is 9.68. The van der Waals surface area contributed by atoms with E-state index < -0.39 is 0 Å². The largest absolute Gasteiger partial charge is 0.310 e. The molecule has 0 radical (unpaired) electrons. The first-order chi connectivity index (χ1) is 24.3. The van der Waals surface area contributed by atoms with E-state index >= 15 is 0 Å². The fourth-order valence-electron chi connectivity index (χ4n) is 7.35. The summed E-state index contributed by atoms with van der Waals surface area (Å²) in [5.74, 6) is 0. The van der Waals surface area contributed by atoms with Gasteiger partial charge in [-0.1, -0.05) is 133 Å². The number of fused-ring (bicyclic) bond motifs is 8. The lowest BCUT2D eigenvalue weighted by Gasteiger charge is -2.27. The van der Waals surface area contributed by atoms with Gasteiger partial charge in [-0.25, -0.2) is 0 Å². The molecule has 8 aromatic carbocycles. The second-order valence-corrected chi connectivity index (χ2v) is 14.6. The molecule has 0 unspecified atom stereocenters. The van der Waals surface area contributed by atoms with E-state index in [9.17, 15) is 0 Å². The monoisotopic (exact) mass is 659 g/mol. The summed E-state index contributed by atoms with van der Waals surface area (Å²) in [5.41, 5.74) is 8.39. The van der Waals surface area contributed by atoms with Crippen LogP contribution in [0.25, 0.3) is 73.4 Å². The van der Waals surface area contributed by atoms with Gasteiger partial charge < -0.3 is 4.90 Å². The third-order valence-corrected chi connectivity index (χ3v) is 12.1. The average molecular weight is 660 g/mol. The predicted molar refractivity (Wildman–Crippen MR) is 215 cm³/mol. The normalized spacial score (nSPS) is 11.7. The van der Waals surface area contributed by atoms with E-state index in [1.54, 1.807) is 0 Å². The number of hydrogen-bond acceptors (Lipinski definition) is 3. The number of benzene rings is 8. The van der Waals surface area contributed by atoms with E-state index in [0.29, 0.717) is 0 Å². The summed E-state index contributed by atoms with van der Waals surface area (Å²) in [6.45, 7) is 0. The van der Waals surface area contributed by atoms with Gasteiger partial charge in [-0.05, 0) is 75.5 Å². The molecule has 10 rings (SSSR count). The Hall–Kier alpha value is -5.74. The van der Waals surface area contributed by atoms with Crippen LogP contribution in [0.1, 0.15) is 0 Å². The third kappa shape index (κ3) is 4.66. The van der Waals surface area contributed by atoms with Gasteiger partial charge in [-0.15, -0.1) is 22.7 Å². The van der Waals surface area contributed by atoms with E-state index in [-0.39, 0.29) is 0 Å². The topological polar surface area (TPSA) is 3.24 Å². The minimum absolute atomic E-state index is 1.13. The Balaban J connectivity index is 1.15. The van der Waals surface area contributed by atoms with E-state index in [1.165, 1.54) is 79.1 Å². The van der Waals surface area contributed by atoms with Crippen molar-refractivity contribution in [3.05, 3.63) is 176 Å². The van der Waals surface area contributed by atoms with Crippen LogP contribution in [0.4, 0.5) is 17.1 Å². The van der Waals surface area contributed by atoms with Crippen LogP contribution in [0.2, 0.25) is 0 Å². The van der Waals surface area contributed by atoms with Crippen molar-refractivity contribution in [1.82, 2.24) is 0 Å². The number of thiophene rings is 2. The molecule has 0 fully saturated rings. The maximum Gasteiger partial charge on any atom is 0.0554 e. The van der Waals surface area contributed by atoms with Gasteiger partial charge in [0.2, 0.25) is 0 Å². The van der Waals surface area contributed by atoms with Crippen LogP contribution in [-0.4, -0.2) is 0 Å². The zero-order chi connectivity index (χ0) is 32.3. The Bertz CT molecular complexity index is 2810. The molecule has 49 heavy (non-hydrogen) atoms. The summed E-state index contributed by atoms with van der Waals surface area (Å²) >= 11 is 3.77. The lowest BCUT2D eigenvalue weighted by Crippen LogP contribution is -2.10. The SMILES string of the molecule is c1ccc(-c2ccc(N(c3ccc(-c4cccc5c4sc4ccccc45)cc3)c3cccc4sc5c6ccccc6ccc5c34)cc2)cc1. The molecular weight excluding hydrogens is 631 g/mol. The summed E-state index contributed by atoms with van der Waals surface area (Å²) in [6, 6.07) is 64.3. The predicted octanol–water partition coefficient (Wildman–Crippen LogP) is 14.4. The molecule has 0 atom stereocenters. The maximum atomic E-state index is 2.43. The Morgan fingerprint density at radius 1 is 0.347 bits per heavy atom. The average Bonchev–Trinajstić information content (AvgIpc) is 3.75. The molecular formula is C46H29NS2. The molecule has 0 amide bonds. The van der Waals surface area contributed by atoms with E-state index in [4.69, 9.17) is 0 Å². The smallest absolute Gasteiger partial charge is 0.0554 e. The molecule has 2 heterocycles. The second-order valence-electron chi connectivity index (χ2n) is 12.5. The van der Waals surface area contributed by atoms with Gasteiger partial charge >= 0.3 is 0 Å². The van der Waals surface area contributed by atoms with Gasteiger partial charge in [-0.2, -0.15) is 0 Å². The van der Waals surface area contributed by atoms with Gasteiger partial charge in [0.15, 0.2) is 0 Å². The van der Waals surface area contributed by atoms with Crippen LogP contribution in [0, 0.1) is 0 Å². The van der Waals surface area contributed by atoms with E-state index in [1.807, 2.05) is 22.7 Å². The molecule has 0 saturated heterocycles. The molecule has 2 aromatic heterocycles. The van der Waals surface area contributed by atoms with E-state index in [0.717, 1.165) is 11.4 Å². The van der Waals surface area contributed by atoms with Crippen molar-refractivity contribution < 1.29 is 0 Å². The van der Waals surface area contributed by atoms with Crippen molar-refractivity contribution >= 4 is 90.9 Å². The van der Waals surface area contributed by atoms with Gasteiger partial charge in [0, 0.05) is 51.7 Å². The zero-order valence-electron chi connectivity index (χ0n) is 26.5. The van der Waals surface area contributed by atoms with Gasteiger partial charge in [0.1, 0.15) is 0 Å². The molecule has 0 saturated carbocycles. The molecule has 0 N–H and O–H groups in total. The Morgan fingerprint density at radius 2 is 0.959 bits per heavy atom. The highest BCUT2D eigenvalue weighted by atomic mass is 32.1. The molecule has 0 spiro atoms. The summed E-state index contributed by atoms with van der Waals surface area (Å²) in [4.78, 5) is 2.43. The minimum Gasteiger partial charge on any atom is -0.310 e. The van der Waals surface area contributed by atoms with Crippen molar-refractivity contribution in [1.29, 1.82) is 0 Å². The molecule has 0 aliphatic rings. The number of anilines is 3. The van der Waals surface area contributed by atoms with Crippen molar-refractivity contribution in [2.45, 2.75) is 0 Å². The minimum atomic E-state index is 1.13. The number of hydrogen-bond donors (Lipinski definition) is 0. The fraction of sp³-hybridized carbons (Fsp3) is 0. The first-order valence-corrected chi connectivity index (χ1v) is 18.2. The van der Waals surface area contributed by atoms with E-state index in [2.05, 4.69) is 181 Å². The molecule has 10 aromatic rings. The van der Waals surface area contributed by atoms with Gasteiger partial charge in [0.05, 0.1) is 5.69 Å². The van der Waals surface area contributed by atoms with Crippen LogP contribution in [0.5, 0.6) is 0 Å². The summed E-state index contributed by atoms with van der Waals surface area (Å²) < 4.78 is 5.30. The van der Waals surface area contributed by atoms with Gasteiger partial charge in [0.25, 0.3) is 0 Å². The molecule has 1 nitrogen and oxygen atoms in total. The molecule has 0 bridgehead atoms. The second kappa shape index (κ2) is 11.5. The lowest BCUT2D eigenvalue weighted by atomic mass is 10.0. The Morgan fingerprint density at radius 3 is 1.78 bits per heavy atom. The summed E-state index contributed by atoms with van der Waals surface area (Å²) in [7, 11) is 0. The molecule has 0 aliphatic heterocycles. The summed E-state index contributed by atoms with van der Waals surface area (Å²) in [6.07, 6.45) is 0. The molecule has 0 aliphatic carbocycles.